The summed E-state index contributed by atoms with van der Waals surface area (Å²) < 4.78 is 0. The maximum atomic E-state index is 12.8. The number of primary amides is 1. The average molecular weight is 427 g/mol. The van der Waals surface area contributed by atoms with E-state index in [1.54, 1.807) is 36.4 Å². The van der Waals surface area contributed by atoms with Crippen molar-refractivity contribution >= 4 is 34.8 Å². The molecule has 0 radical (unpaired) electrons. The molecule has 10 nitrogen and oxygen atoms in total. The fraction of sp³-hybridized carbons (Fsp3) is 0.158. The number of hydrogen-bond donors (Lipinski definition) is 4. The monoisotopic (exact) mass is 427 g/mol. The van der Waals surface area contributed by atoms with Crippen molar-refractivity contribution in [1.82, 2.24) is 10.6 Å². The highest BCUT2D eigenvalue weighted by Crippen LogP contribution is 2.37. The van der Waals surface area contributed by atoms with Crippen molar-refractivity contribution in [2.75, 3.05) is 6.54 Å². The molecular formula is C19H17N5O5S. The highest BCUT2D eigenvalue weighted by molar-refractivity contribution is 7.80. The zero-order chi connectivity index (χ0) is 22.3. The molecule has 154 valence electrons. The van der Waals surface area contributed by atoms with Gasteiger partial charge in [-0.15, -0.1) is 0 Å². The molecule has 0 spiro atoms. The normalized spacial score (nSPS) is 11.0. The van der Waals surface area contributed by atoms with Crippen molar-refractivity contribution in [3.8, 4) is 11.8 Å². The molecule has 0 saturated heterocycles. The Morgan fingerprint density at radius 2 is 1.93 bits per heavy atom. The Labute approximate surface area is 176 Å². The van der Waals surface area contributed by atoms with Crippen molar-refractivity contribution in [3.63, 3.8) is 0 Å². The minimum Gasteiger partial charge on any atom is -0.502 e. The molecule has 30 heavy (non-hydrogen) atoms. The summed E-state index contributed by atoms with van der Waals surface area (Å²) in [6.45, 7) is -0.262. The van der Waals surface area contributed by atoms with Crippen molar-refractivity contribution in [2.24, 2.45) is 5.73 Å². The third-order valence-electron chi connectivity index (χ3n) is 4.17. The third kappa shape index (κ3) is 5.27. The zero-order valence-corrected chi connectivity index (χ0v) is 16.3. The van der Waals surface area contributed by atoms with Gasteiger partial charge in [-0.3, -0.25) is 20.2 Å². The van der Waals surface area contributed by atoms with E-state index in [9.17, 15) is 24.8 Å². The van der Waals surface area contributed by atoms with E-state index in [0.717, 1.165) is 11.6 Å². The third-order valence-corrected chi connectivity index (χ3v) is 4.47. The Balaban J connectivity index is 2.65. The van der Waals surface area contributed by atoms with Crippen LogP contribution >= 0.6 is 12.2 Å². The highest BCUT2D eigenvalue weighted by Gasteiger charge is 2.31. The Hall–Kier alpha value is -4.04. The first-order valence-electron chi connectivity index (χ1n) is 8.55. The second-order valence-corrected chi connectivity index (χ2v) is 6.50. The molecule has 0 heterocycles. The van der Waals surface area contributed by atoms with E-state index in [-0.39, 0.29) is 29.1 Å². The van der Waals surface area contributed by atoms with E-state index in [0.29, 0.717) is 0 Å². The number of amides is 3. The number of thiocarbonyl (C=S) groups is 1. The summed E-state index contributed by atoms with van der Waals surface area (Å²) in [5.41, 5.74) is 5.06. The van der Waals surface area contributed by atoms with Gasteiger partial charge in [-0.2, -0.15) is 5.26 Å². The second-order valence-electron chi connectivity index (χ2n) is 6.09. The number of phenolic OH excluding ortho intramolecular Hbond substituents is 1. The van der Waals surface area contributed by atoms with Gasteiger partial charge in [0.2, 0.25) is 11.7 Å². The first-order chi connectivity index (χ1) is 14.3. The van der Waals surface area contributed by atoms with E-state index < -0.39 is 34.2 Å². The number of carbonyl (C=O) groups excluding carboxylic acids is 2. The fourth-order valence-electron chi connectivity index (χ4n) is 2.89. The number of benzene rings is 2. The number of phenols is 1. The van der Waals surface area contributed by atoms with Gasteiger partial charge in [-0.25, -0.2) is 4.79 Å². The van der Waals surface area contributed by atoms with Gasteiger partial charge in [0.25, 0.3) is 0 Å². The molecule has 0 fully saturated rings. The minimum absolute atomic E-state index is 0.135. The first-order valence-corrected chi connectivity index (χ1v) is 8.96. The van der Waals surface area contributed by atoms with E-state index in [1.165, 1.54) is 6.07 Å². The van der Waals surface area contributed by atoms with Crippen LogP contribution in [0.15, 0.2) is 42.5 Å². The number of nitrogens with zero attached hydrogens (tertiary/aromatic N) is 2. The van der Waals surface area contributed by atoms with Crippen LogP contribution in [0.5, 0.6) is 5.75 Å². The van der Waals surface area contributed by atoms with E-state index in [4.69, 9.17) is 23.2 Å². The maximum absolute atomic E-state index is 12.8. The van der Waals surface area contributed by atoms with Crippen molar-refractivity contribution in [3.05, 3.63) is 69.3 Å². The topological polar surface area (TPSA) is 171 Å². The predicted molar refractivity (Wildman–Crippen MR) is 111 cm³/mol. The molecule has 0 aliphatic heterocycles. The average Bonchev–Trinajstić information content (AvgIpc) is 2.69. The van der Waals surface area contributed by atoms with Gasteiger partial charge in [0.05, 0.1) is 22.5 Å². The summed E-state index contributed by atoms with van der Waals surface area (Å²) in [5.74, 6) is -2.34. The molecule has 1 atom stereocenters. The van der Waals surface area contributed by atoms with Gasteiger partial charge in [0, 0.05) is 6.07 Å². The molecule has 3 amide bonds. The van der Waals surface area contributed by atoms with Crippen LogP contribution in [0.1, 0.15) is 22.6 Å². The molecule has 5 N–H and O–H groups in total. The van der Waals surface area contributed by atoms with E-state index in [1.807, 2.05) is 0 Å². The fourth-order valence-corrected chi connectivity index (χ4v) is 3.21. The van der Waals surface area contributed by atoms with Gasteiger partial charge in [-0.05, 0) is 17.5 Å². The standard InChI is InChI=1S/C19H17N5O5S/c20-8-9-22-17(26)13(10-11-4-2-1-3-5-11)12-6-7-14(24(28)29)16(25)15(12)18(30)23-19(21)27/h1-7,13,25H,9-10H2,(H,22,26)(H3,21,23,27,30). The second kappa shape index (κ2) is 9.94. The summed E-state index contributed by atoms with van der Waals surface area (Å²) in [7, 11) is 0. The first kappa shape index (κ1) is 22.3. The van der Waals surface area contributed by atoms with Crippen LogP contribution < -0.4 is 16.4 Å². The van der Waals surface area contributed by atoms with Gasteiger partial charge in [0.1, 0.15) is 11.5 Å². The van der Waals surface area contributed by atoms with E-state index in [2.05, 4.69) is 10.6 Å². The predicted octanol–water partition coefficient (Wildman–Crippen LogP) is 1.61. The summed E-state index contributed by atoms with van der Waals surface area (Å²) in [6.07, 6.45) is 0.140. The summed E-state index contributed by atoms with van der Waals surface area (Å²) in [6, 6.07) is 12.0. The lowest BCUT2D eigenvalue weighted by Crippen LogP contribution is -2.36. The molecule has 0 bridgehead atoms. The van der Waals surface area contributed by atoms with Crippen molar-refractivity contribution < 1.29 is 19.6 Å². The number of carbonyl (C=O) groups is 2. The van der Waals surface area contributed by atoms with Gasteiger partial charge >= 0.3 is 11.7 Å². The van der Waals surface area contributed by atoms with Crippen LogP contribution in [0.4, 0.5) is 10.5 Å². The van der Waals surface area contributed by atoms with Crippen molar-refractivity contribution in [1.29, 1.82) is 5.26 Å². The molecule has 0 aromatic heterocycles. The van der Waals surface area contributed by atoms with Crippen LogP contribution in [0.25, 0.3) is 0 Å². The van der Waals surface area contributed by atoms with Gasteiger partial charge in [-0.1, -0.05) is 48.6 Å². The van der Waals surface area contributed by atoms with Crippen LogP contribution in [-0.2, 0) is 11.2 Å². The number of aromatic hydroxyl groups is 1. The molecule has 11 heteroatoms. The zero-order valence-electron chi connectivity index (χ0n) is 15.5. The summed E-state index contributed by atoms with van der Waals surface area (Å²) >= 11 is 5.10. The van der Waals surface area contributed by atoms with Crippen LogP contribution in [0, 0.1) is 21.4 Å². The molecule has 0 aliphatic carbocycles. The Bertz CT molecular complexity index is 1040. The van der Waals surface area contributed by atoms with Crippen LogP contribution in [-0.4, -0.2) is 33.5 Å². The summed E-state index contributed by atoms with van der Waals surface area (Å²) in [5, 5.41) is 35.1. The maximum Gasteiger partial charge on any atom is 0.317 e. The lowest BCUT2D eigenvalue weighted by molar-refractivity contribution is -0.385. The van der Waals surface area contributed by atoms with Gasteiger partial charge < -0.3 is 16.2 Å². The lowest BCUT2D eigenvalue weighted by Gasteiger charge is -2.21. The van der Waals surface area contributed by atoms with E-state index >= 15 is 0 Å². The molecule has 0 saturated carbocycles. The number of nitro groups is 1. The quantitative estimate of drug-likeness (QED) is 0.225. The number of nitrogens with one attached hydrogen (secondary N) is 2. The molecule has 0 aliphatic rings. The number of nitro benzene ring substituents is 1. The number of rotatable bonds is 7. The van der Waals surface area contributed by atoms with Gasteiger partial charge in [0.15, 0.2) is 0 Å². The Morgan fingerprint density at radius 3 is 2.50 bits per heavy atom. The largest absolute Gasteiger partial charge is 0.502 e. The number of nitriles is 1. The molecule has 2 aromatic rings. The van der Waals surface area contributed by atoms with Crippen LogP contribution in [0.2, 0.25) is 0 Å². The lowest BCUT2D eigenvalue weighted by atomic mass is 9.87. The Kier molecular flexibility index (Phi) is 7.38. The molecule has 1 unspecified atom stereocenters. The molecular weight excluding hydrogens is 410 g/mol. The molecule has 2 aromatic carbocycles. The highest BCUT2D eigenvalue weighted by atomic mass is 32.1. The number of hydrogen-bond acceptors (Lipinski definition) is 7. The van der Waals surface area contributed by atoms with Crippen LogP contribution in [0.3, 0.4) is 0 Å². The summed E-state index contributed by atoms with van der Waals surface area (Å²) in [4.78, 5) is 34.1. The minimum atomic E-state index is -1.04. The SMILES string of the molecule is N#CCNC(=O)C(Cc1ccccc1)c1ccc([N+](=O)[O-])c(O)c1C(=S)NC(N)=O. The van der Waals surface area contributed by atoms with Crippen molar-refractivity contribution in [2.45, 2.75) is 12.3 Å². The molecule has 2 rings (SSSR count). The number of nitrogens with two attached hydrogens (primary N) is 1. The Morgan fingerprint density at radius 1 is 1.27 bits per heavy atom. The smallest absolute Gasteiger partial charge is 0.317 e. The number of urea groups is 1.